The fourth-order valence-corrected chi connectivity index (χ4v) is 8.20. The molecule has 1 aromatic heterocycles. The summed E-state index contributed by atoms with van der Waals surface area (Å²) in [4.78, 5) is 22.4. The number of carbonyl (C=O) groups excluding carboxylic acids is 1. The van der Waals surface area contributed by atoms with Gasteiger partial charge in [0, 0.05) is 57.9 Å². The highest BCUT2D eigenvalue weighted by atomic mass is 32.2. The van der Waals surface area contributed by atoms with Crippen LogP contribution < -0.4 is 15.0 Å². The molecule has 0 bridgehead atoms. The van der Waals surface area contributed by atoms with Crippen molar-refractivity contribution in [3.8, 4) is 5.75 Å². The maximum Gasteiger partial charge on any atom is 0.251 e. The smallest absolute Gasteiger partial charge is 0.251 e. The monoisotopic (exact) mass is 571 g/mol. The number of carbonyl (C=O) groups is 1. The molecule has 0 radical (unpaired) electrons. The van der Waals surface area contributed by atoms with Crippen molar-refractivity contribution in [3.63, 3.8) is 0 Å². The van der Waals surface area contributed by atoms with Gasteiger partial charge in [0.1, 0.15) is 5.75 Å². The predicted molar refractivity (Wildman–Crippen MR) is 155 cm³/mol. The Morgan fingerprint density at radius 1 is 1.05 bits per heavy atom. The van der Waals surface area contributed by atoms with Gasteiger partial charge in [-0.25, -0.2) is 13.4 Å². The van der Waals surface area contributed by atoms with Gasteiger partial charge in [-0.1, -0.05) is 25.2 Å². The third kappa shape index (κ3) is 6.37. The Balaban J connectivity index is 1.08. The number of fused-ring (bicyclic) bond motifs is 1. The number of piperazine rings is 1. The van der Waals surface area contributed by atoms with Crippen molar-refractivity contribution >= 4 is 42.6 Å². The third-order valence-corrected chi connectivity index (χ3v) is 10.5. The highest BCUT2D eigenvalue weighted by Crippen LogP contribution is 2.32. The number of hydrogen-bond acceptors (Lipinski definition) is 8. The second-order valence-corrected chi connectivity index (χ2v) is 13.7. The number of methoxy groups -OCH3 is 1. The maximum absolute atomic E-state index is 13.1. The molecule has 2 saturated heterocycles. The number of piperidine rings is 1. The molecule has 2 atom stereocenters. The number of nitrogens with zero attached hydrogens (tertiary/aromatic N) is 4. The van der Waals surface area contributed by atoms with Crippen LogP contribution in [0.5, 0.6) is 5.75 Å². The van der Waals surface area contributed by atoms with Crippen LogP contribution in [0.3, 0.4) is 0 Å². The molecule has 2 aromatic carbocycles. The Morgan fingerprint density at radius 2 is 1.74 bits per heavy atom. The zero-order chi connectivity index (χ0) is 27.6. The number of benzene rings is 2. The van der Waals surface area contributed by atoms with Crippen LogP contribution in [0.4, 0.5) is 5.13 Å². The summed E-state index contributed by atoms with van der Waals surface area (Å²) in [7, 11) is -1.88. The van der Waals surface area contributed by atoms with Crippen LogP contribution in [0.1, 0.15) is 30.6 Å². The summed E-state index contributed by atoms with van der Waals surface area (Å²) in [6.45, 7) is 10.1. The molecule has 0 saturated carbocycles. The SMILES string of the molecule is COc1ccc2nc(N3CCN(CCNC(=O)c4ccc(S(=O)(=O)N5CC(C)CC(C)C5)cc4)CC3)sc2c1. The van der Waals surface area contributed by atoms with Crippen molar-refractivity contribution in [3.05, 3.63) is 48.0 Å². The second-order valence-electron chi connectivity index (χ2n) is 10.7. The molecule has 0 aliphatic carbocycles. The minimum atomic E-state index is -3.56. The van der Waals surface area contributed by atoms with Crippen LogP contribution in [0, 0.1) is 11.8 Å². The maximum atomic E-state index is 13.1. The quantitative estimate of drug-likeness (QED) is 0.442. The van der Waals surface area contributed by atoms with Gasteiger partial charge in [0.05, 0.1) is 22.2 Å². The molecule has 11 heteroatoms. The van der Waals surface area contributed by atoms with Crippen molar-refractivity contribution in [2.24, 2.45) is 11.8 Å². The van der Waals surface area contributed by atoms with E-state index in [1.54, 1.807) is 47.0 Å². The lowest BCUT2D eigenvalue weighted by atomic mass is 9.94. The van der Waals surface area contributed by atoms with Gasteiger partial charge < -0.3 is 15.0 Å². The number of amides is 1. The van der Waals surface area contributed by atoms with Crippen LogP contribution >= 0.6 is 11.3 Å². The number of thiazole rings is 1. The molecule has 9 nitrogen and oxygen atoms in total. The molecule has 2 fully saturated rings. The lowest BCUT2D eigenvalue weighted by Gasteiger charge is -2.34. The highest BCUT2D eigenvalue weighted by Gasteiger charge is 2.31. The Hall–Kier alpha value is -2.73. The van der Waals surface area contributed by atoms with Gasteiger partial charge in [-0.05, 0) is 60.7 Å². The van der Waals surface area contributed by atoms with Crippen molar-refractivity contribution in [2.75, 3.05) is 64.4 Å². The van der Waals surface area contributed by atoms with Crippen molar-refractivity contribution in [2.45, 2.75) is 25.2 Å². The number of hydrogen-bond donors (Lipinski definition) is 1. The van der Waals surface area contributed by atoms with E-state index in [0.717, 1.165) is 60.2 Å². The van der Waals surface area contributed by atoms with E-state index in [2.05, 4.69) is 29.0 Å². The fraction of sp³-hybridized carbons (Fsp3) is 0.500. The Morgan fingerprint density at radius 3 is 2.41 bits per heavy atom. The number of anilines is 1. The first-order valence-electron chi connectivity index (χ1n) is 13.5. The van der Waals surface area contributed by atoms with E-state index in [9.17, 15) is 13.2 Å². The number of aromatic nitrogens is 1. The van der Waals surface area contributed by atoms with E-state index in [0.29, 0.717) is 37.0 Å². The molecule has 39 heavy (non-hydrogen) atoms. The molecule has 2 aliphatic heterocycles. The van der Waals surface area contributed by atoms with Gasteiger partial charge in [0.2, 0.25) is 10.0 Å². The largest absolute Gasteiger partial charge is 0.497 e. The number of rotatable bonds is 8. The standard InChI is InChI=1S/C28H37N5O4S2/c1-20-16-21(2)19-33(18-20)39(35,36)24-7-4-22(5-8-24)27(34)29-10-11-31-12-14-32(15-13-31)28-30-25-9-6-23(37-3)17-26(25)38-28/h4-9,17,20-21H,10-16,18-19H2,1-3H3,(H,29,34). The predicted octanol–water partition coefficient (Wildman–Crippen LogP) is 3.52. The molecule has 210 valence electrons. The van der Waals surface area contributed by atoms with E-state index in [1.807, 2.05) is 18.2 Å². The van der Waals surface area contributed by atoms with Crippen molar-refractivity contribution in [1.82, 2.24) is 19.5 Å². The zero-order valence-corrected chi connectivity index (χ0v) is 24.4. The summed E-state index contributed by atoms with van der Waals surface area (Å²) in [5.74, 6) is 1.33. The summed E-state index contributed by atoms with van der Waals surface area (Å²) in [5.41, 5.74) is 1.45. The average molecular weight is 572 g/mol. The lowest BCUT2D eigenvalue weighted by molar-refractivity contribution is 0.0947. The number of ether oxygens (including phenoxy) is 1. The van der Waals surface area contributed by atoms with Crippen LogP contribution in [-0.4, -0.2) is 88.0 Å². The Bertz CT molecular complexity index is 1390. The topological polar surface area (TPSA) is 95.1 Å². The fourth-order valence-electron chi connectivity index (χ4n) is 5.48. The summed E-state index contributed by atoms with van der Waals surface area (Å²) in [6.07, 6.45) is 1.04. The van der Waals surface area contributed by atoms with E-state index in [-0.39, 0.29) is 10.8 Å². The minimum absolute atomic E-state index is 0.192. The summed E-state index contributed by atoms with van der Waals surface area (Å²) in [6, 6.07) is 12.3. The molecule has 5 rings (SSSR count). The van der Waals surface area contributed by atoms with Gasteiger partial charge in [0.25, 0.3) is 5.91 Å². The summed E-state index contributed by atoms with van der Waals surface area (Å²) < 4.78 is 34.2. The summed E-state index contributed by atoms with van der Waals surface area (Å²) in [5, 5.41) is 4.00. The molecule has 2 unspecified atom stereocenters. The molecular formula is C28H37N5O4S2. The van der Waals surface area contributed by atoms with Crippen LogP contribution in [0.15, 0.2) is 47.4 Å². The average Bonchev–Trinajstić information content (AvgIpc) is 3.36. The van der Waals surface area contributed by atoms with E-state index in [4.69, 9.17) is 9.72 Å². The third-order valence-electron chi connectivity index (χ3n) is 7.53. The Labute approximate surface area is 234 Å². The molecule has 0 spiro atoms. The second kappa shape index (κ2) is 11.8. The van der Waals surface area contributed by atoms with E-state index < -0.39 is 10.0 Å². The molecule has 3 aromatic rings. The first-order valence-corrected chi connectivity index (χ1v) is 15.8. The van der Waals surface area contributed by atoms with Crippen molar-refractivity contribution in [1.29, 1.82) is 0 Å². The van der Waals surface area contributed by atoms with Crippen LogP contribution in [0.25, 0.3) is 10.2 Å². The minimum Gasteiger partial charge on any atom is -0.497 e. The molecule has 2 aliphatic rings. The molecule has 1 amide bonds. The normalized spacial score (nSPS) is 21.3. The highest BCUT2D eigenvalue weighted by molar-refractivity contribution is 7.89. The van der Waals surface area contributed by atoms with Gasteiger partial charge >= 0.3 is 0 Å². The van der Waals surface area contributed by atoms with Crippen LogP contribution in [-0.2, 0) is 10.0 Å². The number of nitrogens with one attached hydrogen (secondary N) is 1. The van der Waals surface area contributed by atoms with Gasteiger partial charge in [-0.2, -0.15) is 4.31 Å². The lowest BCUT2D eigenvalue weighted by Crippen LogP contribution is -2.48. The molecular weight excluding hydrogens is 534 g/mol. The first kappa shape index (κ1) is 27.8. The summed E-state index contributed by atoms with van der Waals surface area (Å²) >= 11 is 1.68. The molecule has 3 heterocycles. The van der Waals surface area contributed by atoms with E-state index in [1.165, 1.54) is 0 Å². The van der Waals surface area contributed by atoms with Gasteiger partial charge in [-0.15, -0.1) is 0 Å². The van der Waals surface area contributed by atoms with Gasteiger partial charge in [0.15, 0.2) is 5.13 Å². The van der Waals surface area contributed by atoms with Crippen LogP contribution in [0.2, 0.25) is 0 Å². The number of sulfonamides is 1. The Kier molecular flexibility index (Phi) is 8.41. The van der Waals surface area contributed by atoms with Gasteiger partial charge in [-0.3, -0.25) is 9.69 Å². The van der Waals surface area contributed by atoms with Crippen molar-refractivity contribution < 1.29 is 17.9 Å². The van der Waals surface area contributed by atoms with E-state index >= 15 is 0 Å². The first-order chi connectivity index (χ1) is 18.7. The molecule has 1 N–H and O–H groups in total. The zero-order valence-electron chi connectivity index (χ0n) is 22.8.